The van der Waals surface area contributed by atoms with Gasteiger partial charge in [-0.2, -0.15) is 0 Å². The minimum absolute atomic E-state index is 0.162. The van der Waals surface area contributed by atoms with E-state index in [2.05, 4.69) is 93.6 Å². The number of hydrogen-bond donors (Lipinski definition) is 0. The first-order valence-electron chi connectivity index (χ1n) is 13.9. The van der Waals surface area contributed by atoms with Crippen molar-refractivity contribution >= 4 is 16.3 Å². The van der Waals surface area contributed by atoms with Crippen LogP contribution in [0.15, 0.2) is 87.5 Å². The zero-order valence-electron chi connectivity index (χ0n) is 22.7. The fraction of sp³-hybridized carbons (Fsp3) is 0.424. The normalized spacial score (nSPS) is 11.9. The van der Waals surface area contributed by atoms with E-state index < -0.39 is 10.3 Å². The van der Waals surface area contributed by atoms with Crippen LogP contribution in [0.2, 0.25) is 0 Å². The molecule has 0 atom stereocenters. The molecule has 3 aromatic rings. The summed E-state index contributed by atoms with van der Waals surface area (Å²) in [7, 11) is -2.21. The molecule has 0 spiro atoms. The molecular weight excluding hydrogens is 460 g/mol. The number of benzene rings is 3. The molecule has 0 aliphatic heterocycles. The maximum Gasteiger partial charge on any atom is 0.316 e. The van der Waals surface area contributed by atoms with Gasteiger partial charge in [-0.1, -0.05) is 83.4 Å². The third-order valence-electron chi connectivity index (χ3n) is 6.73. The fourth-order valence-electron chi connectivity index (χ4n) is 4.44. The van der Waals surface area contributed by atoms with Gasteiger partial charge in [0.05, 0.1) is 0 Å². The molecule has 0 fully saturated rings. The molecule has 0 aliphatic rings. The second-order valence-electron chi connectivity index (χ2n) is 9.61. The highest BCUT2D eigenvalue weighted by molar-refractivity contribution is 8.30. The molecule has 3 rings (SSSR count). The number of rotatable bonds is 14. The lowest BCUT2D eigenvalue weighted by atomic mass is 10.1. The molecule has 0 heterocycles. The van der Waals surface area contributed by atoms with Gasteiger partial charge >= 0.3 is 5.97 Å². The maximum atomic E-state index is 13.0. The van der Waals surface area contributed by atoms with Crippen molar-refractivity contribution in [2.75, 3.05) is 0 Å². The van der Waals surface area contributed by atoms with Gasteiger partial charge in [0.15, 0.2) is 0 Å². The Hall–Kier alpha value is -2.52. The highest BCUT2D eigenvalue weighted by Gasteiger charge is 2.35. The van der Waals surface area contributed by atoms with E-state index in [1.165, 1.54) is 55.2 Å². The lowest BCUT2D eigenvalue weighted by Gasteiger charge is -2.40. The van der Waals surface area contributed by atoms with Gasteiger partial charge in [-0.15, -0.1) is 0 Å². The fourth-order valence-corrected chi connectivity index (χ4v) is 7.50. The van der Waals surface area contributed by atoms with Gasteiger partial charge in [0, 0.05) is 21.1 Å². The van der Waals surface area contributed by atoms with E-state index in [1.54, 1.807) is 0 Å². The Kier molecular flexibility index (Phi) is 11.1. The van der Waals surface area contributed by atoms with Gasteiger partial charge in [-0.05, 0) is 102 Å². The Morgan fingerprint density at radius 1 is 0.556 bits per heavy atom. The summed E-state index contributed by atoms with van der Waals surface area (Å²) in [6.07, 6.45) is 10.7. The molecule has 0 saturated heterocycles. The number of carbonyl (C=O) groups is 1. The highest BCUT2D eigenvalue weighted by Crippen LogP contribution is 2.69. The molecule has 0 radical (unpaired) electrons. The van der Waals surface area contributed by atoms with Gasteiger partial charge in [0.1, 0.15) is 0 Å². The molecule has 3 heteroatoms. The lowest BCUT2D eigenvalue weighted by Crippen LogP contribution is -2.13. The Morgan fingerprint density at radius 3 is 1.11 bits per heavy atom. The topological polar surface area (TPSA) is 26.3 Å². The van der Waals surface area contributed by atoms with Crippen LogP contribution in [0.1, 0.15) is 89.3 Å². The van der Waals surface area contributed by atoms with E-state index in [0.717, 1.165) is 33.9 Å². The van der Waals surface area contributed by atoms with Crippen molar-refractivity contribution in [1.82, 2.24) is 0 Å². The van der Waals surface area contributed by atoms with E-state index in [4.69, 9.17) is 4.18 Å². The van der Waals surface area contributed by atoms with Crippen LogP contribution in [0.4, 0.5) is 0 Å². The van der Waals surface area contributed by atoms with Gasteiger partial charge in [0.25, 0.3) is 0 Å². The third kappa shape index (κ3) is 7.03. The smallest absolute Gasteiger partial charge is 0.316 e. The molecule has 0 N–H and O–H groups in total. The predicted molar refractivity (Wildman–Crippen MR) is 154 cm³/mol. The second-order valence-corrected chi connectivity index (χ2v) is 12.3. The van der Waals surface area contributed by atoms with Crippen molar-refractivity contribution < 1.29 is 8.98 Å². The summed E-state index contributed by atoms with van der Waals surface area (Å²) in [5.41, 5.74) is 4.00. The first-order valence-corrected chi connectivity index (χ1v) is 15.5. The van der Waals surface area contributed by atoms with Crippen LogP contribution in [0, 0.1) is 0 Å². The Bertz CT molecular complexity index is 927. The van der Waals surface area contributed by atoms with E-state index in [1.807, 2.05) is 6.92 Å². The van der Waals surface area contributed by atoms with Crippen molar-refractivity contribution in [1.29, 1.82) is 0 Å². The molecule has 0 saturated carbocycles. The van der Waals surface area contributed by atoms with Crippen LogP contribution < -0.4 is 0 Å². The second kappa shape index (κ2) is 14.3. The molecule has 2 nitrogen and oxygen atoms in total. The zero-order valence-corrected chi connectivity index (χ0v) is 23.5. The molecule has 0 aliphatic carbocycles. The first-order chi connectivity index (χ1) is 17.6. The van der Waals surface area contributed by atoms with Crippen LogP contribution in [-0.4, -0.2) is 5.97 Å². The number of unbranched alkanes of at least 4 members (excludes halogenated alkanes) is 3. The molecule has 0 aromatic heterocycles. The van der Waals surface area contributed by atoms with Gasteiger partial charge in [0.2, 0.25) is 0 Å². The summed E-state index contributed by atoms with van der Waals surface area (Å²) >= 11 is 0. The van der Waals surface area contributed by atoms with Crippen LogP contribution in [-0.2, 0) is 28.2 Å². The minimum Gasteiger partial charge on any atom is -0.402 e. The summed E-state index contributed by atoms with van der Waals surface area (Å²) in [6, 6.07) is 26.5. The van der Waals surface area contributed by atoms with Crippen molar-refractivity contribution in [3.8, 4) is 0 Å². The molecule has 194 valence electrons. The van der Waals surface area contributed by atoms with E-state index in [-0.39, 0.29) is 5.97 Å². The Labute approximate surface area is 221 Å². The lowest BCUT2D eigenvalue weighted by molar-refractivity contribution is -0.133. The minimum atomic E-state index is -2.21. The number of carbonyl (C=O) groups excluding carboxylic acids is 1. The van der Waals surface area contributed by atoms with Gasteiger partial charge in [-0.25, -0.2) is 0 Å². The van der Waals surface area contributed by atoms with Gasteiger partial charge in [-0.3, -0.25) is 4.79 Å². The average molecular weight is 505 g/mol. The summed E-state index contributed by atoms with van der Waals surface area (Å²) in [5.74, 6) is -0.162. The molecule has 36 heavy (non-hydrogen) atoms. The summed E-state index contributed by atoms with van der Waals surface area (Å²) < 4.78 is 6.55. The SMILES string of the molecule is CCCCc1ccc(S(OC(=O)CC)(c2ccc(CCCC)cc2)c2ccc(CCCC)cc2)cc1. The first kappa shape index (κ1) is 28.1. The van der Waals surface area contributed by atoms with Crippen molar-refractivity contribution in [3.05, 3.63) is 89.5 Å². The monoisotopic (exact) mass is 504 g/mol. The largest absolute Gasteiger partial charge is 0.402 e. The Morgan fingerprint density at radius 2 is 0.861 bits per heavy atom. The van der Waals surface area contributed by atoms with Crippen LogP contribution in [0.5, 0.6) is 0 Å². The quantitative estimate of drug-likeness (QED) is 0.218. The maximum absolute atomic E-state index is 13.0. The molecule has 3 aromatic carbocycles. The summed E-state index contributed by atoms with van der Waals surface area (Å²) in [5, 5.41) is 0. The summed E-state index contributed by atoms with van der Waals surface area (Å²) in [6.45, 7) is 8.55. The van der Waals surface area contributed by atoms with E-state index in [0.29, 0.717) is 6.42 Å². The third-order valence-corrected chi connectivity index (χ3v) is 9.97. The van der Waals surface area contributed by atoms with E-state index in [9.17, 15) is 4.79 Å². The van der Waals surface area contributed by atoms with Crippen LogP contribution >= 0.6 is 10.3 Å². The van der Waals surface area contributed by atoms with Crippen LogP contribution in [0.25, 0.3) is 0 Å². The molecule has 0 bridgehead atoms. The van der Waals surface area contributed by atoms with Gasteiger partial charge < -0.3 is 4.18 Å². The van der Waals surface area contributed by atoms with Crippen molar-refractivity contribution in [3.63, 3.8) is 0 Å². The van der Waals surface area contributed by atoms with Crippen molar-refractivity contribution in [2.24, 2.45) is 0 Å². The van der Waals surface area contributed by atoms with E-state index >= 15 is 0 Å². The average Bonchev–Trinajstić information content (AvgIpc) is 2.93. The van der Waals surface area contributed by atoms with Crippen molar-refractivity contribution in [2.45, 2.75) is 107 Å². The number of hydrogen-bond acceptors (Lipinski definition) is 2. The predicted octanol–water partition coefficient (Wildman–Crippen LogP) is 9.86. The Balaban J connectivity index is 2.15. The standard InChI is InChI=1S/C33H44O2S/c1-5-9-12-27-15-21-30(22-16-27)36(35-33(34)8-4,31-23-17-28(18-24-31)13-10-6-2)32-25-19-29(20-26-32)14-11-7-3/h15-26H,5-14H2,1-4H3. The molecular formula is C33H44O2S. The summed E-state index contributed by atoms with van der Waals surface area (Å²) in [4.78, 5) is 16.2. The zero-order chi connectivity index (χ0) is 25.8. The number of aryl methyl sites for hydroxylation is 3. The highest BCUT2D eigenvalue weighted by atomic mass is 32.3. The molecule has 0 unspecified atom stereocenters. The van der Waals surface area contributed by atoms with Crippen LogP contribution in [0.3, 0.4) is 0 Å². The molecule has 0 amide bonds.